The smallest absolute Gasteiger partial charge is 0.394 e. The van der Waals surface area contributed by atoms with Gasteiger partial charge in [0, 0.05) is 7.05 Å². The zero-order valence-electron chi connectivity index (χ0n) is 9.99. The summed E-state index contributed by atoms with van der Waals surface area (Å²) in [5.74, 6) is 5.09. The molecular formula is C10H15F3N4O. The van der Waals surface area contributed by atoms with Gasteiger partial charge in [0.05, 0.1) is 18.2 Å². The van der Waals surface area contributed by atoms with Gasteiger partial charge in [0.25, 0.3) is 0 Å². The van der Waals surface area contributed by atoms with Crippen molar-refractivity contribution in [1.82, 2.24) is 4.98 Å². The number of alkyl halides is 3. The third-order valence-electron chi connectivity index (χ3n) is 2.57. The summed E-state index contributed by atoms with van der Waals surface area (Å²) in [6, 6.07) is 1.38. The van der Waals surface area contributed by atoms with Gasteiger partial charge < -0.3 is 15.4 Å². The largest absolute Gasteiger partial charge is 0.416 e. The summed E-state index contributed by atoms with van der Waals surface area (Å²) < 4.78 is 38.0. The maximum atomic E-state index is 12.7. The molecule has 0 radical (unpaired) electrons. The van der Waals surface area contributed by atoms with Crippen LogP contribution in [0, 0.1) is 0 Å². The number of rotatable bonds is 4. The summed E-state index contributed by atoms with van der Waals surface area (Å²) in [5.41, 5.74) is 1.24. The van der Waals surface area contributed by atoms with Crippen molar-refractivity contribution in [2.45, 2.75) is 19.1 Å². The van der Waals surface area contributed by atoms with Gasteiger partial charge in [0.1, 0.15) is 11.6 Å². The average Bonchev–Trinajstić information content (AvgIpc) is 2.35. The van der Waals surface area contributed by atoms with Crippen molar-refractivity contribution >= 4 is 11.6 Å². The lowest BCUT2D eigenvalue weighted by Crippen LogP contribution is -2.33. The Morgan fingerprint density at radius 1 is 1.50 bits per heavy atom. The maximum Gasteiger partial charge on any atom is 0.416 e. The zero-order chi connectivity index (χ0) is 13.9. The van der Waals surface area contributed by atoms with E-state index < -0.39 is 11.7 Å². The second kappa shape index (κ2) is 5.40. The fraction of sp³-hybridized carbons (Fsp3) is 0.500. The van der Waals surface area contributed by atoms with Crippen molar-refractivity contribution in [2.75, 3.05) is 24.0 Å². The molecule has 0 aliphatic carbocycles. The summed E-state index contributed by atoms with van der Waals surface area (Å²) in [5, 5.41) is 8.99. The third kappa shape index (κ3) is 3.23. The van der Waals surface area contributed by atoms with E-state index in [1.54, 1.807) is 14.0 Å². The van der Waals surface area contributed by atoms with Gasteiger partial charge in [-0.2, -0.15) is 13.2 Å². The van der Waals surface area contributed by atoms with E-state index in [1.807, 2.05) is 0 Å². The van der Waals surface area contributed by atoms with Crippen LogP contribution in [-0.4, -0.2) is 29.8 Å². The van der Waals surface area contributed by atoms with Crippen LogP contribution in [0.15, 0.2) is 12.1 Å². The lowest BCUT2D eigenvalue weighted by Gasteiger charge is -2.25. The van der Waals surface area contributed by atoms with Crippen LogP contribution >= 0.6 is 0 Å². The maximum absolute atomic E-state index is 12.7. The number of nitrogen functional groups attached to an aromatic ring is 1. The second-order valence-corrected chi connectivity index (χ2v) is 3.88. The molecule has 18 heavy (non-hydrogen) atoms. The molecular weight excluding hydrogens is 249 g/mol. The van der Waals surface area contributed by atoms with Crippen molar-refractivity contribution in [2.24, 2.45) is 5.84 Å². The molecule has 8 heteroatoms. The van der Waals surface area contributed by atoms with Crippen molar-refractivity contribution in [3.63, 3.8) is 0 Å². The number of anilines is 2. The van der Waals surface area contributed by atoms with Gasteiger partial charge in [-0.05, 0) is 19.1 Å². The van der Waals surface area contributed by atoms with Crippen LogP contribution in [0.4, 0.5) is 24.8 Å². The van der Waals surface area contributed by atoms with Crippen LogP contribution < -0.4 is 16.2 Å². The van der Waals surface area contributed by atoms with E-state index in [2.05, 4.69) is 10.4 Å². The molecule has 1 heterocycles. The second-order valence-electron chi connectivity index (χ2n) is 3.88. The number of nitrogens with zero attached hydrogens (tertiary/aromatic N) is 2. The molecule has 0 saturated heterocycles. The number of halogens is 3. The quantitative estimate of drug-likeness (QED) is 0.563. The molecule has 0 amide bonds. The van der Waals surface area contributed by atoms with E-state index in [-0.39, 0.29) is 24.3 Å². The topological polar surface area (TPSA) is 74.4 Å². The molecule has 1 atom stereocenters. The highest BCUT2D eigenvalue weighted by atomic mass is 19.4. The number of hydrazine groups is 1. The normalized spacial score (nSPS) is 13.3. The number of aliphatic hydroxyl groups excluding tert-OH is 1. The Morgan fingerprint density at radius 2 is 2.11 bits per heavy atom. The molecule has 0 spiro atoms. The average molecular weight is 264 g/mol. The molecule has 5 nitrogen and oxygen atoms in total. The monoisotopic (exact) mass is 264 g/mol. The Hall–Kier alpha value is -1.54. The highest BCUT2D eigenvalue weighted by Gasteiger charge is 2.32. The first kappa shape index (κ1) is 14.5. The van der Waals surface area contributed by atoms with Crippen molar-refractivity contribution in [3.05, 3.63) is 17.7 Å². The molecule has 0 fully saturated rings. The van der Waals surface area contributed by atoms with Crippen LogP contribution in [0.25, 0.3) is 0 Å². The Morgan fingerprint density at radius 3 is 2.56 bits per heavy atom. The van der Waals surface area contributed by atoms with Crippen LogP contribution in [0.2, 0.25) is 0 Å². The number of nitrogens with two attached hydrogens (primary N) is 1. The minimum atomic E-state index is -4.48. The Kier molecular flexibility index (Phi) is 4.36. The van der Waals surface area contributed by atoms with Crippen molar-refractivity contribution < 1.29 is 18.3 Å². The van der Waals surface area contributed by atoms with Crippen LogP contribution in [0.1, 0.15) is 12.5 Å². The SMILES string of the molecule is CC(CO)N(C)c1cc(C(F)(F)F)cc(NN)n1. The Labute approximate surface area is 102 Å². The predicted octanol–water partition coefficient (Wildman–Crippen LogP) is 1.20. The van der Waals surface area contributed by atoms with E-state index in [1.165, 1.54) is 4.90 Å². The molecule has 4 N–H and O–H groups in total. The zero-order valence-corrected chi connectivity index (χ0v) is 9.99. The molecule has 102 valence electrons. The minimum Gasteiger partial charge on any atom is -0.394 e. The first-order chi connectivity index (χ1) is 8.29. The summed E-state index contributed by atoms with van der Waals surface area (Å²) in [7, 11) is 1.55. The van der Waals surface area contributed by atoms with Crippen LogP contribution in [-0.2, 0) is 6.18 Å². The van der Waals surface area contributed by atoms with E-state index in [0.29, 0.717) is 0 Å². The Bertz CT molecular complexity index is 411. The number of hydrogen-bond acceptors (Lipinski definition) is 5. The standard InChI is InChI=1S/C10H15F3N4O/c1-6(5-18)17(2)9-4-7(10(11,12)13)3-8(15-9)16-14/h3-4,6,18H,5,14H2,1-2H3,(H,15,16). The lowest BCUT2D eigenvalue weighted by atomic mass is 10.2. The fourth-order valence-corrected chi connectivity index (χ4v) is 1.28. The molecule has 0 bridgehead atoms. The van der Waals surface area contributed by atoms with Gasteiger partial charge in [-0.25, -0.2) is 10.8 Å². The van der Waals surface area contributed by atoms with Gasteiger partial charge >= 0.3 is 6.18 Å². The van der Waals surface area contributed by atoms with Gasteiger partial charge in [-0.3, -0.25) is 0 Å². The van der Waals surface area contributed by atoms with Gasteiger partial charge in [0.15, 0.2) is 0 Å². The third-order valence-corrected chi connectivity index (χ3v) is 2.57. The van der Waals surface area contributed by atoms with Crippen LogP contribution in [0.3, 0.4) is 0 Å². The first-order valence-electron chi connectivity index (χ1n) is 5.19. The number of pyridine rings is 1. The first-order valence-corrected chi connectivity index (χ1v) is 5.19. The summed E-state index contributed by atoms with van der Waals surface area (Å²) in [6.07, 6.45) is -4.48. The molecule has 1 aromatic rings. The van der Waals surface area contributed by atoms with E-state index in [9.17, 15) is 13.2 Å². The molecule has 1 aromatic heterocycles. The predicted molar refractivity (Wildman–Crippen MR) is 62.0 cm³/mol. The van der Waals surface area contributed by atoms with Crippen LogP contribution in [0.5, 0.6) is 0 Å². The van der Waals surface area contributed by atoms with Crippen molar-refractivity contribution in [3.8, 4) is 0 Å². The number of nitrogens with one attached hydrogen (secondary N) is 1. The van der Waals surface area contributed by atoms with Gasteiger partial charge in [0.2, 0.25) is 0 Å². The number of likely N-dealkylation sites (N-methyl/N-ethyl adjacent to an activating group) is 1. The molecule has 0 saturated carbocycles. The molecule has 1 rings (SSSR count). The number of aromatic nitrogens is 1. The van der Waals surface area contributed by atoms with E-state index in [4.69, 9.17) is 10.9 Å². The van der Waals surface area contributed by atoms with E-state index in [0.717, 1.165) is 12.1 Å². The molecule has 0 aromatic carbocycles. The molecule has 0 aliphatic rings. The number of aliphatic hydroxyl groups is 1. The summed E-state index contributed by atoms with van der Waals surface area (Å²) in [4.78, 5) is 5.35. The molecule has 0 aliphatic heterocycles. The Balaban J connectivity index is 3.20. The van der Waals surface area contributed by atoms with Crippen molar-refractivity contribution in [1.29, 1.82) is 0 Å². The molecule has 1 unspecified atom stereocenters. The number of hydrogen-bond donors (Lipinski definition) is 3. The minimum absolute atomic E-state index is 0.0827. The summed E-state index contributed by atoms with van der Waals surface area (Å²) >= 11 is 0. The summed E-state index contributed by atoms with van der Waals surface area (Å²) in [6.45, 7) is 1.47. The highest BCUT2D eigenvalue weighted by molar-refractivity contribution is 5.51. The lowest BCUT2D eigenvalue weighted by molar-refractivity contribution is -0.137. The van der Waals surface area contributed by atoms with E-state index >= 15 is 0 Å². The highest BCUT2D eigenvalue weighted by Crippen LogP contribution is 2.32. The fourth-order valence-electron chi connectivity index (χ4n) is 1.28. The van der Waals surface area contributed by atoms with Gasteiger partial charge in [-0.1, -0.05) is 0 Å². The van der Waals surface area contributed by atoms with Gasteiger partial charge in [-0.15, -0.1) is 0 Å².